The molecule has 2 aromatic rings. The second kappa shape index (κ2) is 11.5. The molecule has 0 aromatic heterocycles. The molecule has 162 valence electrons. The Morgan fingerprint density at radius 1 is 1.03 bits per heavy atom. The van der Waals surface area contributed by atoms with Gasteiger partial charge in [0.1, 0.15) is 5.75 Å². The SMILES string of the molecule is CCN(CC)C(=O)c1ccc(CNC(=O)N(C)Cc2ccc(SC)c(OC)c2)cc1. The third-order valence-electron chi connectivity index (χ3n) is 4.91. The maximum Gasteiger partial charge on any atom is 0.317 e. The molecule has 0 aliphatic rings. The van der Waals surface area contributed by atoms with Gasteiger partial charge in [-0.2, -0.15) is 0 Å². The fourth-order valence-electron chi connectivity index (χ4n) is 3.10. The van der Waals surface area contributed by atoms with E-state index < -0.39 is 0 Å². The highest BCUT2D eigenvalue weighted by Gasteiger charge is 2.13. The first kappa shape index (κ1) is 23.6. The van der Waals surface area contributed by atoms with Crippen molar-refractivity contribution in [2.45, 2.75) is 31.8 Å². The van der Waals surface area contributed by atoms with Crippen molar-refractivity contribution in [3.63, 3.8) is 0 Å². The lowest BCUT2D eigenvalue weighted by molar-refractivity contribution is 0.0773. The number of benzene rings is 2. The molecule has 2 aromatic carbocycles. The van der Waals surface area contributed by atoms with Gasteiger partial charge in [-0.15, -0.1) is 11.8 Å². The first-order chi connectivity index (χ1) is 14.4. The van der Waals surface area contributed by atoms with Crippen LogP contribution in [0.5, 0.6) is 5.75 Å². The zero-order chi connectivity index (χ0) is 22.1. The number of ether oxygens (including phenoxy) is 1. The number of hydrogen-bond donors (Lipinski definition) is 1. The number of carbonyl (C=O) groups excluding carboxylic acids is 2. The van der Waals surface area contributed by atoms with Gasteiger partial charge in [-0.05, 0) is 55.5 Å². The van der Waals surface area contributed by atoms with Gasteiger partial charge in [0.15, 0.2) is 0 Å². The summed E-state index contributed by atoms with van der Waals surface area (Å²) in [6, 6.07) is 13.2. The number of thioether (sulfide) groups is 1. The average Bonchev–Trinajstić information content (AvgIpc) is 2.78. The molecule has 6 nitrogen and oxygen atoms in total. The maximum absolute atomic E-state index is 12.5. The quantitative estimate of drug-likeness (QED) is 0.606. The van der Waals surface area contributed by atoms with Crippen LogP contribution in [0.15, 0.2) is 47.4 Å². The van der Waals surface area contributed by atoms with E-state index in [1.54, 1.807) is 35.7 Å². The number of rotatable bonds is 9. The zero-order valence-electron chi connectivity index (χ0n) is 18.4. The molecule has 0 aliphatic carbocycles. The highest BCUT2D eigenvalue weighted by atomic mass is 32.2. The first-order valence-corrected chi connectivity index (χ1v) is 11.2. The highest BCUT2D eigenvalue weighted by molar-refractivity contribution is 7.98. The summed E-state index contributed by atoms with van der Waals surface area (Å²) >= 11 is 1.62. The topological polar surface area (TPSA) is 61.9 Å². The number of nitrogens with one attached hydrogen (secondary N) is 1. The Bertz CT molecular complexity index is 851. The van der Waals surface area contributed by atoms with Crippen LogP contribution in [0.2, 0.25) is 0 Å². The van der Waals surface area contributed by atoms with E-state index in [-0.39, 0.29) is 11.9 Å². The molecule has 7 heteroatoms. The number of carbonyl (C=O) groups is 2. The molecule has 2 rings (SSSR count). The largest absolute Gasteiger partial charge is 0.496 e. The molecule has 0 radical (unpaired) electrons. The summed E-state index contributed by atoms with van der Waals surface area (Å²) in [5.41, 5.74) is 2.61. The van der Waals surface area contributed by atoms with Gasteiger partial charge >= 0.3 is 6.03 Å². The van der Waals surface area contributed by atoms with Crippen molar-refractivity contribution in [1.29, 1.82) is 0 Å². The van der Waals surface area contributed by atoms with Gasteiger partial charge < -0.3 is 19.9 Å². The van der Waals surface area contributed by atoms with Gasteiger partial charge in [-0.25, -0.2) is 4.79 Å². The second-order valence-electron chi connectivity index (χ2n) is 6.88. The molecule has 0 fully saturated rings. The monoisotopic (exact) mass is 429 g/mol. The second-order valence-corrected chi connectivity index (χ2v) is 7.73. The Morgan fingerprint density at radius 2 is 1.67 bits per heavy atom. The predicted molar refractivity (Wildman–Crippen MR) is 122 cm³/mol. The van der Waals surface area contributed by atoms with Crippen molar-refractivity contribution < 1.29 is 14.3 Å². The lowest BCUT2D eigenvalue weighted by atomic mass is 10.1. The van der Waals surface area contributed by atoms with Crippen molar-refractivity contribution >= 4 is 23.7 Å². The maximum atomic E-state index is 12.5. The Morgan fingerprint density at radius 3 is 2.23 bits per heavy atom. The van der Waals surface area contributed by atoms with Gasteiger partial charge in [0.25, 0.3) is 5.91 Å². The number of amides is 3. The van der Waals surface area contributed by atoms with E-state index in [1.165, 1.54) is 0 Å². The summed E-state index contributed by atoms with van der Waals surface area (Å²) < 4.78 is 5.41. The van der Waals surface area contributed by atoms with Crippen molar-refractivity contribution in [3.8, 4) is 5.75 Å². The molecule has 0 spiro atoms. The third kappa shape index (κ3) is 6.16. The van der Waals surface area contributed by atoms with E-state index in [0.717, 1.165) is 21.8 Å². The summed E-state index contributed by atoms with van der Waals surface area (Å²) in [6.45, 7) is 6.19. The van der Waals surface area contributed by atoms with E-state index in [9.17, 15) is 9.59 Å². The normalized spacial score (nSPS) is 10.4. The fraction of sp³-hybridized carbons (Fsp3) is 0.391. The standard InChI is InChI=1S/C23H31N3O3S/c1-6-26(7-2)22(27)19-11-8-17(9-12-19)15-24-23(28)25(3)16-18-10-13-21(30-5)20(14-18)29-4/h8-14H,6-7,15-16H2,1-5H3,(H,24,28). The minimum Gasteiger partial charge on any atom is -0.496 e. The van der Waals surface area contributed by atoms with E-state index in [2.05, 4.69) is 5.32 Å². The number of hydrogen-bond acceptors (Lipinski definition) is 4. The molecule has 0 saturated carbocycles. The molecular weight excluding hydrogens is 398 g/mol. The molecule has 0 aliphatic heterocycles. The minimum absolute atomic E-state index is 0.0261. The van der Waals surface area contributed by atoms with Crippen molar-refractivity contribution in [2.24, 2.45) is 0 Å². The van der Waals surface area contributed by atoms with Gasteiger partial charge in [0.05, 0.1) is 7.11 Å². The van der Waals surface area contributed by atoms with Crippen LogP contribution < -0.4 is 10.1 Å². The van der Waals surface area contributed by atoms with Crippen LogP contribution in [0.4, 0.5) is 4.79 Å². The number of nitrogens with zero attached hydrogens (tertiary/aromatic N) is 2. The van der Waals surface area contributed by atoms with Crippen LogP contribution in [0.1, 0.15) is 35.3 Å². The summed E-state index contributed by atoms with van der Waals surface area (Å²) in [4.78, 5) is 29.3. The van der Waals surface area contributed by atoms with Crippen LogP contribution in [0.25, 0.3) is 0 Å². The highest BCUT2D eigenvalue weighted by Crippen LogP contribution is 2.28. The molecule has 0 bridgehead atoms. The molecule has 0 atom stereocenters. The Kier molecular flexibility index (Phi) is 9.05. The summed E-state index contributed by atoms with van der Waals surface area (Å²) in [5, 5.41) is 2.92. The molecule has 30 heavy (non-hydrogen) atoms. The summed E-state index contributed by atoms with van der Waals surface area (Å²) in [5.74, 6) is 0.839. The molecule has 3 amide bonds. The zero-order valence-corrected chi connectivity index (χ0v) is 19.2. The Hall–Kier alpha value is -2.67. The molecule has 0 heterocycles. The van der Waals surface area contributed by atoms with Gasteiger partial charge in [0.2, 0.25) is 0 Å². The van der Waals surface area contributed by atoms with Crippen LogP contribution in [0.3, 0.4) is 0 Å². The van der Waals surface area contributed by atoms with Crippen LogP contribution in [-0.2, 0) is 13.1 Å². The van der Waals surface area contributed by atoms with Gasteiger partial charge in [-0.3, -0.25) is 4.79 Å². The molecule has 0 unspecified atom stereocenters. The summed E-state index contributed by atoms with van der Waals surface area (Å²) in [6.07, 6.45) is 2.00. The average molecular weight is 430 g/mol. The number of methoxy groups -OCH3 is 1. The predicted octanol–water partition coefficient (Wildman–Crippen LogP) is 4.24. The molecule has 0 saturated heterocycles. The van der Waals surface area contributed by atoms with Crippen LogP contribution >= 0.6 is 11.8 Å². The first-order valence-electron chi connectivity index (χ1n) is 10.0. The van der Waals surface area contributed by atoms with Crippen LogP contribution in [-0.4, -0.2) is 55.2 Å². The Labute approximate surface area is 183 Å². The lowest BCUT2D eigenvalue weighted by Gasteiger charge is -2.20. The Balaban J connectivity index is 1.91. The van der Waals surface area contributed by atoms with Crippen LogP contribution in [0, 0.1) is 0 Å². The summed E-state index contributed by atoms with van der Waals surface area (Å²) in [7, 11) is 3.41. The smallest absolute Gasteiger partial charge is 0.317 e. The lowest BCUT2D eigenvalue weighted by Crippen LogP contribution is -2.36. The molecule has 1 N–H and O–H groups in total. The van der Waals surface area contributed by atoms with Crippen molar-refractivity contribution in [1.82, 2.24) is 15.1 Å². The van der Waals surface area contributed by atoms with Crippen molar-refractivity contribution in [2.75, 3.05) is 33.5 Å². The van der Waals surface area contributed by atoms with E-state index in [1.807, 2.05) is 62.6 Å². The molecular formula is C23H31N3O3S. The van der Waals surface area contributed by atoms with E-state index in [0.29, 0.717) is 31.7 Å². The van der Waals surface area contributed by atoms with Crippen molar-refractivity contribution in [3.05, 3.63) is 59.2 Å². The minimum atomic E-state index is -0.161. The van der Waals surface area contributed by atoms with Gasteiger partial charge in [-0.1, -0.05) is 18.2 Å². The number of urea groups is 1. The fourth-order valence-corrected chi connectivity index (χ4v) is 3.64. The van der Waals surface area contributed by atoms with Gasteiger partial charge in [0, 0.05) is 43.7 Å². The van der Waals surface area contributed by atoms with E-state index in [4.69, 9.17) is 4.74 Å². The van der Waals surface area contributed by atoms with E-state index >= 15 is 0 Å². The third-order valence-corrected chi connectivity index (χ3v) is 5.69.